The van der Waals surface area contributed by atoms with Crippen LogP contribution in [-0.2, 0) is 12.6 Å². The van der Waals surface area contributed by atoms with Crippen LogP contribution in [0.4, 0.5) is 13.2 Å². The molecule has 0 amide bonds. The van der Waals surface area contributed by atoms with E-state index in [1.165, 1.54) is 24.3 Å². The molecule has 0 spiro atoms. The van der Waals surface area contributed by atoms with E-state index in [2.05, 4.69) is 13.8 Å². The molecule has 3 rings (SSSR count). The molecule has 1 atom stereocenters. The number of hydrogen-bond acceptors (Lipinski definition) is 3. The first-order chi connectivity index (χ1) is 15.1. The third-order valence-electron chi connectivity index (χ3n) is 5.07. The lowest BCUT2D eigenvalue weighted by molar-refractivity contribution is -0.137. The van der Waals surface area contributed by atoms with E-state index in [4.69, 9.17) is 14.3 Å². The molecular formula is C25H25F3O4. The van der Waals surface area contributed by atoms with Crippen molar-refractivity contribution in [1.29, 1.82) is 0 Å². The Kier molecular flexibility index (Phi) is 6.96. The third-order valence-corrected chi connectivity index (χ3v) is 5.07. The molecular weight excluding hydrogens is 421 g/mol. The number of carboxylic acid groups (broad SMARTS) is 1. The van der Waals surface area contributed by atoms with Crippen LogP contribution >= 0.6 is 0 Å². The average molecular weight is 446 g/mol. The summed E-state index contributed by atoms with van der Waals surface area (Å²) < 4.78 is 50.8. The van der Waals surface area contributed by atoms with Crippen molar-refractivity contribution in [2.45, 2.75) is 45.9 Å². The number of benzene rings is 2. The standard InChI is InChI=1S/C25H25F3O4/c1-4-21-20(14-22(32-21)16-5-9-18(10-6-16)25(26,27)28)23(13-15(2)3)31-19-11-7-17(8-12-19)24(29)30/h5-12,14-15,23H,4,13H2,1-3H3,(H,29,30). The number of carbonyl (C=O) groups is 1. The zero-order valence-electron chi connectivity index (χ0n) is 18.1. The summed E-state index contributed by atoms with van der Waals surface area (Å²) in [5.74, 6) is 0.990. The first-order valence-corrected chi connectivity index (χ1v) is 10.4. The van der Waals surface area contributed by atoms with Crippen LogP contribution in [0.5, 0.6) is 5.75 Å². The molecule has 0 aliphatic carbocycles. The van der Waals surface area contributed by atoms with Crippen molar-refractivity contribution < 1.29 is 32.2 Å². The molecule has 0 aliphatic heterocycles. The van der Waals surface area contributed by atoms with Crippen molar-refractivity contribution in [1.82, 2.24) is 0 Å². The molecule has 1 heterocycles. The van der Waals surface area contributed by atoms with E-state index in [9.17, 15) is 18.0 Å². The number of ether oxygens (including phenoxy) is 1. The smallest absolute Gasteiger partial charge is 0.416 e. The summed E-state index contributed by atoms with van der Waals surface area (Å²) in [5.41, 5.74) is 0.834. The van der Waals surface area contributed by atoms with Gasteiger partial charge < -0.3 is 14.3 Å². The maximum Gasteiger partial charge on any atom is 0.416 e. The quantitative estimate of drug-likeness (QED) is 0.392. The lowest BCUT2D eigenvalue weighted by atomic mass is 9.98. The van der Waals surface area contributed by atoms with Crippen LogP contribution in [0, 0.1) is 5.92 Å². The van der Waals surface area contributed by atoms with E-state index in [1.807, 2.05) is 13.0 Å². The number of hydrogen-bond donors (Lipinski definition) is 1. The highest BCUT2D eigenvalue weighted by Gasteiger charge is 2.30. The maximum absolute atomic E-state index is 12.9. The van der Waals surface area contributed by atoms with Crippen LogP contribution < -0.4 is 4.74 Å². The van der Waals surface area contributed by atoms with E-state index in [0.717, 1.165) is 17.7 Å². The molecule has 170 valence electrons. The monoisotopic (exact) mass is 446 g/mol. The van der Waals surface area contributed by atoms with Gasteiger partial charge in [-0.15, -0.1) is 0 Å². The minimum Gasteiger partial charge on any atom is -0.486 e. The SMILES string of the molecule is CCc1oc(-c2ccc(C(F)(F)F)cc2)cc1C(CC(C)C)Oc1ccc(C(=O)O)cc1. The van der Waals surface area contributed by atoms with Gasteiger partial charge in [-0.2, -0.15) is 13.2 Å². The Hall–Kier alpha value is -3.22. The predicted molar refractivity (Wildman–Crippen MR) is 115 cm³/mol. The Balaban J connectivity index is 1.92. The van der Waals surface area contributed by atoms with Gasteiger partial charge in [-0.25, -0.2) is 4.79 Å². The molecule has 4 nitrogen and oxygen atoms in total. The van der Waals surface area contributed by atoms with Gasteiger partial charge in [-0.1, -0.05) is 32.9 Å². The number of halogens is 3. The molecule has 1 unspecified atom stereocenters. The van der Waals surface area contributed by atoms with E-state index in [0.29, 0.717) is 41.6 Å². The fourth-order valence-electron chi connectivity index (χ4n) is 3.46. The molecule has 0 aliphatic rings. The number of furan rings is 1. The first kappa shape index (κ1) is 23.4. The molecule has 0 fully saturated rings. The summed E-state index contributed by atoms with van der Waals surface area (Å²) in [6.45, 7) is 6.06. The van der Waals surface area contributed by atoms with Gasteiger partial charge in [0.2, 0.25) is 0 Å². The molecule has 32 heavy (non-hydrogen) atoms. The third kappa shape index (κ3) is 5.52. The van der Waals surface area contributed by atoms with Crippen molar-refractivity contribution in [2.75, 3.05) is 0 Å². The zero-order valence-corrected chi connectivity index (χ0v) is 18.1. The highest BCUT2D eigenvalue weighted by molar-refractivity contribution is 5.87. The molecule has 2 aromatic carbocycles. The Labute approximate surface area is 184 Å². The summed E-state index contributed by atoms with van der Waals surface area (Å²) in [6, 6.07) is 12.9. The highest BCUT2D eigenvalue weighted by Crippen LogP contribution is 2.37. The molecule has 0 saturated heterocycles. The van der Waals surface area contributed by atoms with Gasteiger partial charge >= 0.3 is 12.1 Å². The number of aryl methyl sites for hydroxylation is 1. The minimum atomic E-state index is -4.40. The lowest BCUT2D eigenvalue weighted by Crippen LogP contribution is -2.11. The molecule has 1 N–H and O–H groups in total. The van der Waals surface area contributed by atoms with Crippen LogP contribution in [0.25, 0.3) is 11.3 Å². The fourth-order valence-corrected chi connectivity index (χ4v) is 3.46. The fraction of sp³-hybridized carbons (Fsp3) is 0.320. The van der Waals surface area contributed by atoms with Gasteiger partial charge in [-0.05, 0) is 54.8 Å². The molecule has 1 aromatic heterocycles. The van der Waals surface area contributed by atoms with E-state index >= 15 is 0 Å². The van der Waals surface area contributed by atoms with Crippen LogP contribution in [0.15, 0.2) is 59.0 Å². The average Bonchev–Trinajstić information content (AvgIpc) is 3.17. The molecule has 3 aromatic rings. The minimum absolute atomic E-state index is 0.167. The topological polar surface area (TPSA) is 59.7 Å². The first-order valence-electron chi connectivity index (χ1n) is 10.4. The number of aromatic carboxylic acids is 1. The van der Waals surface area contributed by atoms with Crippen molar-refractivity contribution >= 4 is 5.97 Å². The molecule has 7 heteroatoms. The van der Waals surface area contributed by atoms with Crippen LogP contribution in [0.3, 0.4) is 0 Å². The zero-order chi connectivity index (χ0) is 23.5. The summed E-state index contributed by atoms with van der Waals surface area (Å²) in [5, 5.41) is 9.08. The van der Waals surface area contributed by atoms with Crippen LogP contribution in [0.2, 0.25) is 0 Å². The Morgan fingerprint density at radius 1 is 1.06 bits per heavy atom. The van der Waals surface area contributed by atoms with Crippen molar-refractivity contribution in [3.05, 3.63) is 77.0 Å². The molecule has 0 radical (unpaired) electrons. The van der Waals surface area contributed by atoms with Crippen LogP contribution in [0.1, 0.15) is 60.5 Å². The van der Waals surface area contributed by atoms with Crippen molar-refractivity contribution in [3.63, 3.8) is 0 Å². The Bertz CT molecular complexity index is 1050. The molecule has 0 saturated carbocycles. The van der Waals surface area contributed by atoms with Gasteiger partial charge in [0.25, 0.3) is 0 Å². The van der Waals surface area contributed by atoms with Gasteiger partial charge in [0.15, 0.2) is 0 Å². The maximum atomic E-state index is 12.9. The summed E-state index contributed by atoms with van der Waals surface area (Å²) in [7, 11) is 0. The summed E-state index contributed by atoms with van der Waals surface area (Å²) in [4.78, 5) is 11.1. The lowest BCUT2D eigenvalue weighted by Gasteiger charge is -2.21. The highest BCUT2D eigenvalue weighted by atomic mass is 19.4. The van der Waals surface area contributed by atoms with Crippen molar-refractivity contribution in [2.24, 2.45) is 5.92 Å². The number of alkyl halides is 3. The Morgan fingerprint density at radius 2 is 1.69 bits per heavy atom. The largest absolute Gasteiger partial charge is 0.486 e. The second kappa shape index (κ2) is 9.51. The summed E-state index contributed by atoms with van der Waals surface area (Å²) >= 11 is 0. The second-order valence-corrected chi connectivity index (χ2v) is 7.98. The van der Waals surface area contributed by atoms with Gasteiger partial charge in [-0.3, -0.25) is 0 Å². The number of rotatable bonds is 8. The number of carboxylic acids is 1. The summed E-state index contributed by atoms with van der Waals surface area (Å²) in [6.07, 6.45) is -3.48. The predicted octanol–water partition coefficient (Wildman–Crippen LogP) is 7.39. The normalized spacial score (nSPS) is 12.7. The van der Waals surface area contributed by atoms with Gasteiger partial charge in [0.1, 0.15) is 23.4 Å². The van der Waals surface area contributed by atoms with E-state index in [-0.39, 0.29) is 11.7 Å². The Morgan fingerprint density at radius 3 is 2.19 bits per heavy atom. The van der Waals surface area contributed by atoms with E-state index in [1.54, 1.807) is 12.1 Å². The van der Waals surface area contributed by atoms with Gasteiger partial charge in [0.05, 0.1) is 11.1 Å². The molecule has 0 bridgehead atoms. The van der Waals surface area contributed by atoms with Crippen molar-refractivity contribution in [3.8, 4) is 17.1 Å². The van der Waals surface area contributed by atoms with Gasteiger partial charge in [0, 0.05) is 17.5 Å². The van der Waals surface area contributed by atoms with E-state index < -0.39 is 17.7 Å². The van der Waals surface area contributed by atoms with Crippen LogP contribution in [-0.4, -0.2) is 11.1 Å². The second-order valence-electron chi connectivity index (χ2n) is 7.98.